The van der Waals surface area contributed by atoms with Gasteiger partial charge < -0.3 is 34.5 Å². The maximum Gasteiger partial charge on any atom is 0.293 e. The molecule has 2 aromatic carbocycles. The van der Waals surface area contributed by atoms with Crippen molar-refractivity contribution in [3.05, 3.63) is 75.2 Å². The molecule has 5 aliphatic rings. The number of pyridine rings is 1. The summed E-state index contributed by atoms with van der Waals surface area (Å²) in [5, 5.41) is 9.16. The average molecular weight is 881 g/mol. The molecule has 0 aliphatic carbocycles. The molecule has 0 radical (unpaired) electrons. The highest BCUT2D eigenvalue weighted by Gasteiger charge is 2.48. The van der Waals surface area contributed by atoms with E-state index in [0.717, 1.165) is 67.1 Å². The molecule has 63 heavy (non-hydrogen) atoms. The van der Waals surface area contributed by atoms with Crippen molar-refractivity contribution in [2.75, 3.05) is 81.2 Å². The number of benzene rings is 2. The van der Waals surface area contributed by atoms with E-state index in [-0.39, 0.29) is 53.9 Å². The zero-order chi connectivity index (χ0) is 44.2. The summed E-state index contributed by atoms with van der Waals surface area (Å²) >= 11 is 6.63. The molecule has 0 bridgehead atoms. The molecule has 330 valence electrons. The zero-order valence-electron chi connectivity index (χ0n) is 35.3. The number of fused-ring (bicyclic) bond motifs is 2. The lowest BCUT2D eigenvalue weighted by molar-refractivity contribution is -0.152. The number of morpholine rings is 1. The average Bonchev–Trinajstić information content (AvgIpc) is 3.50. The fourth-order valence-electron chi connectivity index (χ4n) is 9.46. The van der Waals surface area contributed by atoms with E-state index < -0.39 is 29.7 Å². The zero-order valence-corrected chi connectivity index (χ0v) is 36.1. The summed E-state index contributed by atoms with van der Waals surface area (Å²) in [4.78, 5) is 93.1. The number of nitrogens with one attached hydrogen (secondary N) is 3. The van der Waals surface area contributed by atoms with Gasteiger partial charge in [-0.15, -0.1) is 0 Å². The highest BCUT2D eigenvalue weighted by atomic mass is 35.5. The standard InChI is InChI=1S/C44H49ClN10O8/c1-25(2)54-33-7-4-28(16-27(33)17-35(42(54)61)62-21-37(57)46-3)48-38-32(45)19-47-43(50-38)53-14-15-63-44(24-53)22-51(23-44)20-26-10-12-52(13-11-26)29-5-6-30-31(18-29)41(60)55(40(30)59)34-8-9-36(56)49-39(34)58/h4-7,16-19,25-26,34H,8-15,20-24H2,1-3H3,(H,46,57)(H,47,48,50)(H,49,56,58). The van der Waals surface area contributed by atoms with Crippen LogP contribution in [0.25, 0.3) is 10.9 Å². The number of hydrogen-bond acceptors (Lipinski definition) is 14. The molecule has 5 aliphatic heterocycles. The van der Waals surface area contributed by atoms with Crippen molar-refractivity contribution in [3.8, 4) is 5.75 Å². The number of likely N-dealkylation sites (tertiary alicyclic amines) is 1. The van der Waals surface area contributed by atoms with Crippen molar-refractivity contribution in [2.45, 2.75) is 57.2 Å². The lowest BCUT2D eigenvalue weighted by atomic mass is 9.88. The van der Waals surface area contributed by atoms with Gasteiger partial charge in [-0.25, -0.2) is 4.98 Å². The van der Waals surface area contributed by atoms with Crippen molar-refractivity contribution >= 4 is 75.2 Å². The van der Waals surface area contributed by atoms with E-state index in [1.165, 1.54) is 7.05 Å². The molecule has 18 nitrogen and oxygen atoms in total. The van der Waals surface area contributed by atoms with Crippen LogP contribution in [-0.2, 0) is 19.1 Å². The lowest BCUT2D eigenvalue weighted by Crippen LogP contribution is -2.70. The van der Waals surface area contributed by atoms with Crippen LogP contribution in [0.5, 0.6) is 5.75 Å². The molecule has 1 atom stereocenters. The minimum absolute atomic E-state index is 0.0789. The Morgan fingerprint density at radius 2 is 1.75 bits per heavy atom. The van der Waals surface area contributed by atoms with Crippen molar-refractivity contribution in [1.29, 1.82) is 0 Å². The van der Waals surface area contributed by atoms with Crippen LogP contribution in [0.4, 0.5) is 23.1 Å². The molecule has 1 unspecified atom stereocenters. The smallest absolute Gasteiger partial charge is 0.293 e. The molecule has 3 N–H and O–H groups in total. The Hall–Kier alpha value is -6.11. The Morgan fingerprint density at radius 1 is 0.968 bits per heavy atom. The molecule has 5 amide bonds. The van der Waals surface area contributed by atoms with Crippen LogP contribution in [0.1, 0.15) is 66.3 Å². The number of amides is 5. The second-order valence-electron chi connectivity index (χ2n) is 17.2. The SMILES string of the molecule is CNC(=O)COc1cc2cc(Nc3nc(N4CCOC5(CN(CC6CCN(c7ccc8c(c7)C(=O)N(C7CCC(=O)NC7=O)C8=O)CC6)C5)C4)ncc3Cl)ccc2n(C(C)C)c1=O. The number of imide groups is 2. The number of hydrogen-bond donors (Lipinski definition) is 3. The maximum atomic E-state index is 13.4. The minimum Gasteiger partial charge on any atom is -0.478 e. The highest BCUT2D eigenvalue weighted by Crippen LogP contribution is 2.36. The molecular formula is C44H49ClN10O8. The number of carbonyl (C=O) groups excluding carboxylic acids is 5. The summed E-state index contributed by atoms with van der Waals surface area (Å²) in [6.07, 6.45) is 3.73. The first-order valence-electron chi connectivity index (χ1n) is 21.3. The largest absolute Gasteiger partial charge is 0.478 e. The highest BCUT2D eigenvalue weighted by molar-refractivity contribution is 6.33. The summed E-state index contributed by atoms with van der Waals surface area (Å²) in [6, 6.07) is 11.4. The number of nitrogens with zero attached hydrogens (tertiary/aromatic N) is 7. The molecule has 4 aromatic rings. The first-order chi connectivity index (χ1) is 30.3. The molecule has 4 fully saturated rings. The van der Waals surface area contributed by atoms with Gasteiger partial charge in [0.15, 0.2) is 18.2 Å². The first-order valence-corrected chi connectivity index (χ1v) is 21.7. The van der Waals surface area contributed by atoms with Crippen LogP contribution in [0, 0.1) is 5.92 Å². The van der Waals surface area contributed by atoms with Gasteiger partial charge in [0.1, 0.15) is 16.7 Å². The van der Waals surface area contributed by atoms with Crippen LogP contribution in [0.3, 0.4) is 0 Å². The predicted octanol–water partition coefficient (Wildman–Crippen LogP) is 3.10. The quantitative estimate of drug-likeness (QED) is 0.186. The van der Waals surface area contributed by atoms with Crippen molar-refractivity contribution in [1.82, 2.24) is 35.0 Å². The first kappa shape index (κ1) is 42.2. The summed E-state index contributed by atoms with van der Waals surface area (Å²) in [6.45, 7) is 9.49. The molecule has 2 aromatic heterocycles. The number of aromatic nitrogens is 3. The number of rotatable bonds is 11. The van der Waals surface area contributed by atoms with E-state index in [1.807, 2.05) is 38.1 Å². The number of likely N-dealkylation sites (N-methyl/N-ethyl adjacent to an activating group) is 1. The third-order valence-electron chi connectivity index (χ3n) is 12.6. The molecular weight excluding hydrogens is 832 g/mol. The Bertz CT molecular complexity index is 2590. The molecule has 0 saturated carbocycles. The predicted molar refractivity (Wildman–Crippen MR) is 234 cm³/mol. The van der Waals surface area contributed by atoms with E-state index in [4.69, 9.17) is 26.1 Å². The third kappa shape index (κ3) is 8.18. The van der Waals surface area contributed by atoms with Crippen LogP contribution < -0.4 is 36.0 Å². The lowest BCUT2D eigenvalue weighted by Gasteiger charge is -2.54. The third-order valence-corrected chi connectivity index (χ3v) is 12.9. The molecule has 4 saturated heterocycles. The van der Waals surface area contributed by atoms with Gasteiger partial charge in [0.2, 0.25) is 17.8 Å². The fourth-order valence-corrected chi connectivity index (χ4v) is 9.60. The summed E-state index contributed by atoms with van der Waals surface area (Å²) in [5.41, 5.74) is 2.20. The van der Waals surface area contributed by atoms with Gasteiger partial charge in [-0.1, -0.05) is 11.6 Å². The van der Waals surface area contributed by atoms with Gasteiger partial charge in [-0.2, -0.15) is 4.98 Å². The summed E-state index contributed by atoms with van der Waals surface area (Å²) in [7, 11) is 1.51. The molecule has 7 heterocycles. The number of carbonyl (C=O) groups is 5. The van der Waals surface area contributed by atoms with Crippen LogP contribution in [0.15, 0.2) is 53.5 Å². The Kier molecular flexibility index (Phi) is 11.3. The van der Waals surface area contributed by atoms with E-state index >= 15 is 0 Å². The number of ether oxygens (including phenoxy) is 2. The molecule has 9 rings (SSSR count). The normalized spacial score (nSPS) is 20.3. The van der Waals surface area contributed by atoms with Gasteiger partial charge in [0.05, 0.1) is 36.0 Å². The number of piperidine rings is 2. The van der Waals surface area contributed by atoms with Gasteiger partial charge in [0, 0.05) is 75.5 Å². The van der Waals surface area contributed by atoms with E-state index in [2.05, 4.69) is 35.6 Å². The number of halogens is 1. The van der Waals surface area contributed by atoms with Gasteiger partial charge in [0.25, 0.3) is 23.3 Å². The summed E-state index contributed by atoms with van der Waals surface area (Å²) < 4.78 is 13.7. The van der Waals surface area contributed by atoms with Gasteiger partial charge in [-0.3, -0.25) is 43.9 Å². The van der Waals surface area contributed by atoms with Crippen LogP contribution >= 0.6 is 11.6 Å². The van der Waals surface area contributed by atoms with E-state index in [0.29, 0.717) is 53.7 Å². The minimum atomic E-state index is -0.989. The van der Waals surface area contributed by atoms with Crippen LogP contribution in [-0.4, -0.2) is 132 Å². The van der Waals surface area contributed by atoms with E-state index in [9.17, 15) is 28.8 Å². The Morgan fingerprint density at radius 3 is 2.49 bits per heavy atom. The second-order valence-corrected chi connectivity index (χ2v) is 17.6. The fraction of sp³-hybridized carbons (Fsp3) is 0.455. The van der Waals surface area contributed by atoms with Crippen molar-refractivity contribution in [2.24, 2.45) is 5.92 Å². The monoisotopic (exact) mass is 880 g/mol. The van der Waals surface area contributed by atoms with Gasteiger partial charge in [-0.05, 0) is 81.5 Å². The summed E-state index contributed by atoms with van der Waals surface area (Å²) in [5.74, 6) is -0.825. The molecule has 19 heteroatoms. The number of anilines is 4. The van der Waals surface area contributed by atoms with Crippen molar-refractivity contribution in [3.63, 3.8) is 0 Å². The molecule has 1 spiro atoms. The Balaban J connectivity index is 0.797. The second kappa shape index (κ2) is 16.9. The van der Waals surface area contributed by atoms with Gasteiger partial charge >= 0.3 is 0 Å². The maximum absolute atomic E-state index is 13.4. The van der Waals surface area contributed by atoms with Crippen LogP contribution in [0.2, 0.25) is 5.02 Å². The van der Waals surface area contributed by atoms with E-state index in [1.54, 1.807) is 29.0 Å². The van der Waals surface area contributed by atoms with Crippen molar-refractivity contribution < 1.29 is 33.4 Å². The Labute approximate surface area is 367 Å². The topological polar surface area (TPSA) is 201 Å².